The van der Waals surface area contributed by atoms with Crippen LogP contribution in [-0.2, 0) is 0 Å². The van der Waals surface area contributed by atoms with Crippen molar-refractivity contribution in [3.63, 3.8) is 0 Å². The molecule has 1 aliphatic rings. The molecule has 0 fully saturated rings. The first-order valence-electron chi connectivity index (χ1n) is 9.83. The molecule has 2 atom stereocenters. The summed E-state index contributed by atoms with van der Waals surface area (Å²) in [4.78, 5) is 4.99. The molecule has 3 aromatic rings. The van der Waals surface area contributed by atoms with E-state index in [9.17, 15) is 5.11 Å². The van der Waals surface area contributed by atoms with Crippen LogP contribution in [0, 0.1) is 0 Å². The number of phenolic OH excluding ortho intramolecular Hbond substituents is 1. The third-order valence-corrected chi connectivity index (χ3v) is 5.85. The molecular formula is C24H22BrClN2O2. The lowest BCUT2D eigenvalue weighted by atomic mass is 9.93. The Balaban J connectivity index is 1.72. The lowest BCUT2D eigenvalue weighted by molar-refractivity contribution is 0.340. The summed E-state index contributed by atoms with van der Waals surface area (Å²) in [5, 5.41) is 14.6. The first-order valence-corrected chi connectivity index (χ1v) is 11.0. The minimum atomic E-state index is -0.239. The Hall–Kier alpha value is -2.34. The van der Waals surface area contributed by atoms with Crippen molar-refractivity contribution in [3.8, 4) is 11.5 Å². The van der Waals surface area contributed by atoms with Crippen LogP contribution >= 0.6 is 27.5 Å². The summed E-state index contributed by atoms with van der Waals surface area (Å²) in [6.07, 6.45) is 0.395. The van der Waals surface area contributed by atoms with Gasteiger partial charge in [-0.15, -0.1) is 0 Å². The Labute approximate surface area is 189 Å². The van der Waals surface area contributed by atoms with E-state index in [0.29, 0.717) is 18.1 Å². The third kappa shape index (κ3) is 4.69. The second-order valence-corrected chi connectivity index (χ2v) is 8.47. The van der Waals surface area contributed by atoms with Crippen LogP contribution in [0.15, 0.2) is 76.2 Å². The first-order chi connectivity index (χ1) is 14.5. The van der Waals surface area contributed by atoms with Crippen LogP contribution in [0.5, 0.6) is 11.5 Å². The van der Waals surface area contributed by atoms with Crippen molar-refractivity contribution in [2.45, 2.75) is 25.6 Å². The van der Waals surface area contributed by atoms with Gasteiger partial charge in [-0.3, -0.25) is 10.3 Å². The Bertz CT molecular complexity index is 1050. The van der Waals surface area contributed by atoms with Gasteiger partial charge in [0, 0.05) is 33.2 Å². The van der Waals surface area contributed by atoms with Crippen molar-refractivity contribution in [2.24, 2.45) is 4.99 Å². The van der Waals surface area contributed by atoms with Gasteiger partial charge in [-0.2, -0.15) is 0 Å². The maximum atomic E-state index is 10.5. The number of benzene rings is 3. The van der Waals surface area contributed by atoms with Crippen molar-refractivity contribution >= 4 is 33.2 Å². The number of hydrogen-bond acceptors (Lipinski definition) is 4. The number of ether oxygens (including phenoxy) is 1. The molecule has 0 saturated heterocycles. The summed E-state index contributed by atoms with van der Waals surface area (Å²) >= 11 is 9.71. The van der Waals surface area contributed by atoms with E-state index in [1.165, 1.54) is 0 Å². The number of halogens is 2. The van der Waals surface area contributed by atoms with Gasteiger partial charge < -0.3 is 9.84 Å². The van der Waals surface area contributed by atoms with Crippen LogP contribution < -0.4 is 10.1 Å². The molecular weight excluding hydrogens is 464 g/mol. The predicted octanol–water partition coefficient (Wildman–Crippen LogP) is 6.43. The molecule has 0 aromatic heterocycles. The Morgan fingerprint density at radius 2 is 1.83 bits per heavy atom. The van der Waals surface area contributed by atoms with Gasteiger partial charge in [0.05, 0.1) is 6.61 Å². The summed E-state index contributed by atoms with van der Waals surface area (Å²) in [6.45, 7) is 2.60. The maximum Gasteiger partial charge on any atom is 0.126 e. The molecule has 3 aromatic carbocycles. The van der Waals surface area contributed by atoms with Crippen molar-refractivity contribution in [3.05, 3.63) is 92.9 Å². The van der Waals surface area contributed by atoms with Crippen LogP contribution in [0.25, 0.3) is 0 Å². The zero-order valence-corrected chi connectivity index (χ0v) is 18.8. The highest BCUT2D eigenvalue weighted by Crippen LogP contribution is 2.36. The van der Waals surface area contributed by atoms with E-state index >= 15 is 0 Å². The van der Waals surface area contributed by atoms with Gasteiger partial charge in [0.2, 0.25) is 0 Å². The van der Waals surface area contributed by atoms with Crippen LogP contribution in [0.2, 0.25) is 5.02 Å². The van der Waals surface area contributed by atoms with Crippen molar-refractivity contribution in [1.29, 1.82) is 0 Å². The second-order valence-electron chi connectivity index (χ2n) is 7.11. The lowest BCUT2D eigenvalue weighted by Crippen LogP contribution is -2.33. The first kappa shape index (κ1) is 20.9. The van der Waals surface area contributed by atoms with E-state index in [2.05, 4.69) is 21.2 Å². The van der Waals surface area contributed by atoms with Crippen molar-refractivity contribution in [2.75, 3.05) is 6.61 Å². The number of nitrogens with zero attached hydrogens (tertiary/aromatic N) is 1. The molecule has 0 unspecified atom stereocenters. The lowest BCUT2D eigenvalue weighted by Gasteiger charge is -2.31. The van der Waals surface area contributed by atoms with Crippen LogP contribution in [0.4, 0.5) is 0 Å². The van der Waals surface area contributed by atoms with Crippen LogP contribution in [0.1, 0.15) is 42.2 Å². The minimum absolute atomic E-state index is 0.128. The van der Waals surface area contributed by atoms with Gasteiger partial charge in [0.1, 0.15) is 17.7 Å². The van der Waals surface area contributed by atoms with E-state index in [-0.39, 0.29) is 18.0 Å². The number of aromatic hydroxyl groups is 1. The molecule has 2 N–H and O–H groups in total. The average Bonchev–Trinajstić information content (AvgIpc) is 2.76. The molecule has 4 rings (SSSR count). The van der Waals surface area contributed by atoms with Gasteiger partial charge in [-0.25, -0.2) is 0 Å². The summed E-state index contributed by atoms with van der Waals surface area (Å²) in [7, 11) is 0. The standard InChI is InChI=1S/C24H22BrClN2O2/c1-2-30-19-10-5-15(6-11-19)21-14-22(20-13-18(26)9-12-23(20)29)28-24(27-21)16-3-7-17(25)8-4-16/h3-13,22,24,28-29H,2,14H2,1H3/t22-,24-/m0/s1. The molecule has 1 aliphatic heterocycles. The zero-order chi connectivity index (χ0) is 21.1. The molecule has 4 nitrogen and oxygen atoms in total. The van der Waals surface area contributed by atoms with E-state index in [4.69, 9.17) is 21.3 Å². The quantitative estimate of drug-likeness (QED) is 0.438. The van der Waals surface area contributed by atoms with Gasteiger partial charge in [-0.1, -0.05) is 39.7 Å². The molecule has 1 heterocycles. The highest BCUT2D eigenvalue weighted by atomic mass is 79.9. The molecule has 0 bridgehead atoms. The Kier molecular flexibility index (Phi) is 6.42. The molecule has 0 spiro atoms. The van der Waals surface area contributed by atoms with Crippen LogP contribution in [-0.4, -0.2) is 17.4 Å². The highest BCUT2D eigenvalue weighted by Gasteiger charge is 2.28. The largest absolute Gasteiger partial charge is 0.508 e. The monoisotopic (exact) mass is 484 g/mol. The fraction of sp³-hybridized carbons (Fsp3) is 0.208. The third-order valence-electron chi connectivity index (χ3n) is 5.09. The summed E-state index contributed by atoms with van der Waals surface area (Å²) < 4.78 is 6.58. The topological polar surface area (TPSA) is 53.8 Å². The van der Waals surface area contributed by atoms with E-state index in [1.54, 1.807) is 12.1 Å². The molecule has 0 radical (unpaired) electrons. The normalized spacial score (nSPS) is 18.7. The van der Waals surface area contributed by atoms with Gasteiger partial charge in [0.15, 0.2) is 0 Å². The zero-order valence-electron chi connectivity index (χ0n) is 16.5. The van der Waals surface area contributed by atoms with Crippen molar-refractivity contribution < 1.29 is 9.84 Å². The van der Waals surface area contributed by atoms with Gasteiger partial charge in [0.25, 0.3) is 0 Å². The highest BCUT2D eigenvalue weighted by molar-refractivity contribution is 9.10. The smallest absolute Gasteiger partial charge is 0.126 e. The fourth-order valence-corrected chi connectivity index (χ4v) is 4.06. The van der Waals surface area contributed by atoms with E-state index in [1.807, 2.05) is 61.5 Å². The number of phenols is 1. The second kappa shape index (κ2) is 9.21. The molecule has 30 heavy (non-hydrogen) atoms. The average molecular weight is 486 g/mol. The number of hydrogen-bond donors (Lipinski definition) is 2. The Morgan fingerprint density at radius 3 is 2.53 bits per heavy atom. The number of nitrogens with one attached hydrogen (secondary N) is 1. The van der Waals surface area contributed by atoms with Gasteiger partial charge >= 0.3 is 0 Å². The summed E-state index contributed by atoms with van der Waals surface area (Å²) in [5.74, 6) is 1.06. The molecule has 0 saturated carbocycles. The molecule has 0 aliphatic carbocycles. The van der Waals surface area contributed by atoms with E-state index in [0.717, 1.165) is 32.6 Å². The molecule has 0 amide bonds. The Morgan fingerprint density at radius 1 is 1.10 bits per heavy atom. The van der Waals surface area contributed by atoms with Gasteiger partial charge in [-0.05, 0) is 72.6 Å². The molecule has 6 heteroatoms. The molecule has 154 valence electrons. The van der Waals surface area contributed by atoms with E-state index < -0.39 is 0 Å². The SMILES string of the molecule is CCOc1ccc(C2=N[C@H](c3ccc(Br)cc3)N[C@H](c3cc(Cl)ccc3O)C2)cc1. The predicted molar refractivity (Wildman–Crippen MR) is 125 cm³/mol. The maximum absolute atomic E-state index is 10.5. The fourth-order valence-electron chi connectivity index (χ4n) is 3.61. The number of rotatable bonds is 5. The minimum Gasteiger partial charge on any atom is -0.508 e. The number of aliphatic imine (C=N–C) groups is 1. The summed E-state index contributed by atoms with van der Waals surface area (Å²) in [6, 6.07) is 21.1. The van der Waals surface area contributed by atoms with Crippen LogP contribution in [0.3, 0.4) is 0 Å². The summed E-state index contributed by atoms with van der Waals surface area (Å²) in [5.41, 5.74) is 3.82. The van der Waals surface area contributed by atoms with Crippen molar-refractivity contribution in [1.82, 2.24) is 5.32 Å².